The quantitative estimate of drug-likeness (QED) is 0.751. The van der Waals surface area contributed by atoms with Crippen LogP contribution >= 0.6 is 0 Å². The Kier molecular flexibility index (Phi) is 5.85. The van der Waals surface area contributed by atoms with Gasteiger partial charge in [-0.1, -0.05) is 25.1 Å². The van der Waals surface area contributed by atoms with Crippen LogP contribution < -0.4 is 14.1 Å². The molecule has 1 atom stereocenters. The lowest BCUT2D eigenvalue weighted by molar-refractivity contribution is -0.119. The molecule has 0 aliphatic carbocycles. The van der Waals surface area contributed by atoms with Crippen LogP contribution in [0.3, 0.4) is 0 Å². The normalized spacial score (nSPS) is 19.7. The van der Waals surface area contributed by atoms with Crippen molar-refractivity contribution in [2.24, 2.45) is 0 Å². The summed E-state index contributed by atoms with van der Waals surface area (Å²) in [4.78, 5) is 27.7. The first-order valence-corrected chi connectivity index (χ1v) is 12.4. The fourth-order valence-electron chi connectivity index (χ4n) is 4.47. The Labute approximate surface area is 188 Å². The monoisotopic (exact) mass is 457 g/mol. The molecule has 0 saturated carbocycles. The van der Waals surface area contributed by atoms with E-state index < -0.39 is 16.1 Å². The summed E-state index contributed by atoms with van der Waals surface area (Å²) in [6, 6.07) is 12.4. The molecule has 170 valence electrons. The zero-order chi connectivity index (χ0) is 23.0. The number of benzene rings is 2. The van der Waals surface area contributed by atoms with Crippen LogP contribution in [-0.4, -0.2) is 50.4 Å². The van der Waals surface area contributed by atoms with Crippen LogP contribution in [0.25, 0.3) is 11.1 Å². The molecule has 0 aromatic heterocycles. The van der Waals surface area contributed by atoms with E-state index >= 15 is 0 Å². The molecule has 8 nitrogen and oxygen atoms in total. The van der Waals surface area contributed by atoms with Crippen molar-refractivity contribution in [3.8, 4) is 11.1 Å². The first kappa shape index (κ1) is 22.1. The van der Waals surface area contributed by atoms with Gasteiger partial charge in [-0.3, -0.25) is 14.0 Å². The SMILES string of the molecule is CCCC(=O)N1c2ccc(-c3cccc(N4CCCS4(=O)=O)c3)cc2N(C(=O)O)C[C@@H]1C. The fourth-order valence-corrected chi connectivity index (χ4v) is 6.03. The van der Waals surface area contributed by atoms with Gasteiger partial charge in [-0.15, -0.1) is 0 Å². The van der Waals surface area contributed by atoms with Crippen LogP contribution in [0.5, 0.6) is 0 Å². The topological polar surface area (TPSA) is 98.2 Å². The summed E-state index contributed by atoms with van der Waals surface area (Å²) in [5, 5.41) is 9.79. The molecule has 1 fully saturated rings. The lowest BCUT2D eigenvalue weighted by Gasteiger charge is -2.40. The van der Waals surface area contributed by atoms with Crippen molar-refractivity contribution >= 4 is 39.1 Å². The van der Waals surface area contributed by atoms with Gasteiger partial charge < -0.3 is 10.0 Å². The molecule has 2 amide bonds. The minimum Gasteiger partial charge on any atom is -0.465 e. The molecule has 2 aromatic carbocycles. The molecule has 1 saturated heterocycles. The van der Waals surface area contributed by atoms with Gasteiger partial charge in [0, 0.05) is 19.5 Å². The van der Waals surface area contributed by atoms with Crippen LogP contribution in [0, 0.1) is 0 Å². The van der Waals surface area contributed by atoms with Crippen LogP contribution in [0.2, 0.25) is 0 Å². The maximum Gasteiger partial charge on any atom is 0.411 e. The maximum atomic E-state index is 12.8. The average molecular weight is 458 g/mol. The smallest absolute Gasteiger partial charge is 0.411 e. The van der Waals surface area contributed by atoms with E-state index in [1.807, 2.05) is 26.0 Å². The summed E-state index contributed by atoms with van der Waals surface area (Å²) < 4.78 is 26.1. The number of sulfonamides is 1. The molecule has 0 radical (unpaired) electrons. The van der Waals surface area contributed by atoms with Crippen molar-refractivity contribution in [1.82, 2.24) is 0 Å². The second-order valence-electron chi connectivity index (χ2n) is 8.25. The standard InChI is InChI=1S/C23H27N3O5S/c1-3-6-22(27)26-16(2)15-24(23(28)29)21-14-18(9-10-20(21)26)17-7-4-8-19(13-17)25-11-5-12-32(25,30)31/h4,7-10,13-14,16H,3,5-6,11-12,15H2,1-2H3,(H,28,29)/t16-/m0/s1. The van der Waals surface area contributed by atoms with Gasteiger partial charge in [-0.05, 0) is 55.2 Å². The predicted molar refractivity (Wildman–Crippen MR) is 125 cm³/mol. The van der Waals surface area contributed by atoms with Gasteiger partial charge in [0.1, 0.15) is 0 Å². The highest BCUT2D eigenvalue weighted by atomic mass is 32.2. The van der Waals surface area contributed by atoms with E-state index in [-0.39, 0.29) is 24.2 Å². The third-order valence-corrected chi connectivity index (χ3v) is 7.81. The fraction of sp³-hybridized carbons (Fsp3) is 0.391. The molecule has 9 heteroatoms. The van der Waals surface area contributed by atoms with Crippen molar-refractivity contribution in [3.05, 3.63) is 42.5 Å². The zero-order valence-electron chi connectivity index (χ0n) is 18.2. The molecule has 2 aliphatic rings. The summed E-state index contributed by atoms with van der Waals surface area (Å²) in [6.45, 7) is 4.43. The maximum absolute atomic E-state index is 12.8. The summed E-state index contributed by atoms with van der Waals surface area (Å²) in [5.41, 5.74) is 3.17. The zero-order valence-corrected chi connectivity index (χ0v) is 19.0. The van der Waals surface area contributed by atoms with Gasteiger partial charge in [-0.25, -0.2) is 13.2 Å². The number of hydrogen-bond acceptors (Lipinski definition) is 4. The highest BCUT2D eigenvalue weighted by molar-refractivity contribution is 7.93. The third kappa shape index (κ3) is 3.92. The van der Waals surface area contributed by atoms with E-state index in [4.69, 9.17) is 0 Å². The molecular weight excluding hydrogens is 430 g/mol. The van der Waals surface area contributed by atoms with Gasteiger partial charge in [0.25, 0.3) is 0 Å². The third-order valence-electron chi connectivity index (χ3n) is 5.94. The van der Waals surface area contributed by atoms with Crippen molar-refractivity contribution < 1.29 is 23.1 Å². The lowest BCUT2D eigenvalue weighted by atomic mass is 10.00. The van der Waals surface area contributed by atoms with E-state index in [1.165, 1.54) is 9.21 Å². The Morgan fingerprint density at radius 2 is 1.84 bits per heavy atom. The lowest BCUT2D eigenvalue weighted by Crippen LogP contribution is -2.51. The molecule has 4 rings (SSSR count). The van der Waals surface area contributed by atoms with E-state index in [0.717, 1.165) is 11.1 Å². The molecule has 0 bridgehead atoms. The van der Waals surface area contributed by atoms with Crippen molar-refractivity contribution in [3.63, 3.8) is 0 Å². The average Bonchev–Trinajstić information content (AvgIpc) is 3.11. The molecule has 2 aliphatic heterocycles. The van der Waals surface area contributed by atoms with Crippen LogP contribution in [0.4, 0.5) is 21.9 Å². The van der Waals surface area contributed by atoms with E-state index in [0.29, 0.717) is 42.9 Å². The first-order chi connectivity index (χ1) is 15.2. The number of hydrogen-bond donors (Lipinski definition) is 1. The van der Waals surface area contributed by atoms with E-state index in [2.05, 4.69) is 0 Å². The second-order valence-corrected chi connectivity index (χ2v) is 10.3. The molecule has 1 N–H and O–H groups in total. The van der Waals surface area contributed by atoms with Gasteiger partial charge in [-0.2, -0.15) is 0 Å². The number of carbonyl (C=O) groups excluding carboxylic acids is 1. The molecule has 2 heterocycles. The number of rotatable bonds is 4. The Balaban J connectivity index is 1.77. The van der Waals surface area contributed by atoms with Gasteiger partial charge in [0.15, 0.2) is 0 Å². The summed E-state index contributed by atoms with van der Waals surface area (Å²) in [7, 11) is -3.30. The van der Waals surface area contributed by atoms with Crippen LogP contribution in [-0.2, 0) is 14.8 Å². The Hall–Kier alpha value is -3.07. The number of carboxylic acid groups (broad SMARTS) is 1. The van der Waals surface area contributed by atoms with Crippen LogP contribution in [0.15, 0.2) is 42.5 Å². The Morgan fingerprint density at radius 3 is 2.50 bits per heavy atom. The number of anilines is 3. The molecular formula is C23H27N3O5S. The minimum atomic E-state index is -3.30. The Morgan fingerprint density at radius 1 is 1.09 bits per heavy atom. The van der Waals surface area contributed by atoms with Crippen molar-refractivity contribution in [1.29, 1.82) is 0 Å². The number of fused-ring (bicyclic) bond motifs is 1. The van der Waals surface area contributed by atoms with Gasteiger partial charge >= 0.3 is 6.09 Å². The van der Waals surface area contributed by atoms with Crippen molar-refractivity contribution in [2.45, 2.75) is 39.2 Å². The second kappa shape index (κ2) is 8.46. The number of nitrogens with zero attached hydrogens (tertiary/aromatic N) is 3. The molecule has 0 unspecified atom stereocenters. The molecule has 0 spiro atoms. The molecule has 32 heavy (non-hydrogen) atoms. The summed E-state index contributed by atoms with van der Waals surface area (Å²) in [6.07, 6.45) is 0.628. The van der Waals surface area contributed by atoms with E-state index in [9.17, 15) is 23.1 Å². The Bertz CT molecular complexity index is 1160. The summed E-state index contributed by atoms with van der Waals surface area (Å²) in [5.74, 6) is 0.115. The number of amides is 2. The predicted octanol–water partition coefficient (Wildman–Crippen LogP) is 3.91. The highest BCUT2D eigenvalue weighted by Gasteiger charge is 2.35. The molecule has 2 aromatic rings. The van der Waals surface area contributed by atoms with Crippen LogP contribution in [0.1, 0.15) is 33.1 Å². The minimum absolute atomic E-state index is 0.0275. The number of carbonyl (C=O) groups is 2. The van der Waals surface area contributed by atoms with E-state index in [1.54, 1.807) is 35.2 Å². The van der Waals surface area contributed by atoms with Gasteiger partial charge in [0.05, 0.1) is 28.9 Å². The first-order valence-electron chi connectivity index (χ1n) is 10.8. The van der Waals surface area contributed by atoms with Crippen molar-refractivity contribution in [2.75, 3.05) is 32.9 Å². The highest BCUT2D eigenvalue weighted by Crippen LogP contribution is 2.40. The summed E-state index contributed by atoms with van der Waals surface area (Å²) >= 11 is 0. The largest absolute Gasteiger partial charge is 0.465 e. The van der Waals surface area contributed by atoms with Gasteiger partial charge in [0.2, 0.25) is 15.9 Å².